The topological polar surface area (TPSA) is 9.23 Å². The summed E-state index contributed by atoms with van der Waals surface area (Å²) < 4.78 is 45.0. The molecule has 21 heavy (non-hydrogen) atoms. The Morgan fingerprint density at radius 1 is 1.19 bits per heavy atom. The van der Waals surface area contributed by atoms with Gasteiger partial charge in [0.15, 0.2) is 0 Å². The Bertz CT molecular complexity index is 465. The summed E-state index contributed by atoms with van der Waals surface area (Å²) in [6.07, 6.45) is 0.309. The van der Waals surface area contributed by atoms with E-state index in [1.165, 1.54) is 6.07 Å². The van der Waals surface area contributed by atoms with Gasteiger partial charge >= 0.3 is 6.18 Å². The first-order valence-electron chi connectivity index (χ1n) is 7.36. The number of halogens is 4. The fraction of sp³-hybridized carbons (Fsp3) is 0.625. The standard InChI is InChI=1S/C16H20ClF3O/c1-2-11-3-6-13(7-4-11)21-15-8-5-12(10-17)9-14(15)16(18,19)20/h5,8-9,11,13H,2-4,6-7,10H2,1H3. The normalized spacial score (nSPS) is 23.1. The van der Waals surface area contributed by atoms with E-state index >= 15 is 0 Å². The molecule has 0 N–H and O–H groups in total. The summed E-state index contributed by atoms with van der Waals surface area (Å²) >= 11 is 5.62. The van der Waals surface area contributed by atoms with Gasteiger partial charge in [0.25, 0.3) is 0 Å². The quantitative estimate of drug-likeness (QED) is 0.638. The Labute approximate surface area is 128 Å². The van der Waals surface area contributed by atoms with Crippen molar-refractivity contribution >= 4 is 11.6 Å². The van der Waals surface area contributed by atoms with E-state index in [2.05, 4.69) is 6.92 Å². The van der Waals surface area contributed by atoms with E-state index in [9.17, 15) is 13.2 Å². The highest BCUT2D eigenvalue weighted by molar-refractivity contribution is 6.17. The second kappa shape index (κ2) is 6.91. The Balaban J connectivity index is 2.13. The molecule has 0 amide bonds. The Kier molecular flexibility index (Phi) is 5.42. The number of hydrogen-bond acceptors (Lipinski definition) is 1. The van der Waals surface area contributed by atoms with Crippen LogP contribution in [0.15, 0.2) is 18.2 Å². The third-order valence-electron chi connectivity index (χ3n) is 4.17. The lowest BCUT2D eigenvalue weighted by Gasteiger charge is -2.29. The molecule has 0 radical (unpaired) electrons. The molecule has 0 aliphatic heterocycles. The van der Waals surface area contributed by atoms with Gasteiger partial charge in [0.05, 0.1) is 11.7 Å². The Morgan fingerprint density at radius 2 is 1.86 bits per heavy atom. The zero-order chi connectivity index (χ0) is 15.5. The van der Waals surface area contributed by atoms with Crippen LogP contribution in [-0.2, 0) is 12.1 Å². The van der Waals surface area contributed by atoms with Gasteiger partial charge < -0.3 is 4.74 Å². The van der Waals surface area contributed by atoms with Crippen molar-refractivity contribution in [2.75, 3.05) is 0 Å². The van der Waals surface area contributed by atoms with Crippen molar-refractivity contribution in [1.82, 2.24) is 0 Å². The molecule has 1 saturated carbocycles. The van der Waals surface area contributed by atoms with E-state index in [-0.39, 0.29) is 17.7 Å². The molecule has 0 heterocycles. The molecule has 0 atom stereocenters. The van der Waals surface area contributed by atoms with Crippen LogP contribution in [0.4, 0.5) is 13.2 Å². The molecular weight excluding hydrogens is 301 g/mol. The molecule has 118 valence electrons. The molecule has 2 rings (SSSR count). The maximum absolute atomic E-state index is 13.1. The fourth-order valence-electron chi connectivity index (χ4n) is 2.82. The maximum atomic E-state index is 13.1. The molecular formula is C16H20ClF3O. The predicted molar refractivity (Wildman–Crippen MR) is 77.7 cm³/mol. The van der Waals surface area contributed by atoms with Crippen molar-refractivity contribution in [3.05, 3.63) is 29.3 Å². The molecule has 1 aliphatic carbocycles. The van der Waals surface area contributed by atoms with Crippen molar-refractivity contribution in [3.8, 4) is 5.75 Å². The third kappa shape index (κ3) is 4.29. The molecule has 1 aromatic carbocycles. The highest BCUT2D eigenvalue weighted by Crippen LogP contribution is 2.39. The van der Waals surface area contributed by atoms with Crippen LogP contribution in [0, 0.1) is 5.92 Å². The van der Waals surface area contributed by atoms with Gasteiger partial charge in [-0.3, -0.25) is 0 Å². The number of alkyl halides is 4. The lowest BCUT2D eigenvalue weighted by Crippen LogP contribution is -2.25. The van der Waals surface area contributed by atoms with Crippen LogP contribution in [0.3, 0.4) is 0 Å². The molecule has 1 aliphatic rings. The number of ether oxygens (including phenoxy) is 1. The van der Waals surface area contributed by atoms with Crippen LogP contribution in [0.1, 0.15) is 50.2 Å². The molecule has 1 nitrogen and oxygen atoms in total. The Morgan fingerprint density at radius 3 is 2.38 bits per heavy atom. The second-order valence-corrected chi connectivity index (χ2v) is 5.90. The van der Waals surface area contributed by atoms with E-state index in [0.717, 1.165) is 38.2 Å². The molecule has 0 aromatic heterocycles. The lowest BCUT2D eigenvalue weighted by atomic mass is 9.86. The summed E-state index contributed by atoms with van der Waals surface area (Å²) in [5, 5.41) is 0. The number of hydrogen-bond donors (Lipinski definition) is 0. The van der Waals surface area contributed by atoms with Gasteiger partial charge in [-0.15, -0.1) is 11.6 Å². The van der Waals surface area contributed by atoms with Gasteiger partial charge in [-0.05, 0) is 49.3 Å². The molecule has 1 aromatic rings. The van der Waals surface area contributed by atoms with Crippen molar-refractivity contribution in [3.63, 3.8) is 0 Å². The van der Waals surface area contributed by atoms with Crippen molar-refractivity contribution in [1.29, 1.82) is 0 Å². The van der Waals surface area contributed by atoms with E-state index in [1.54, 1.807) is 6.07 Å². The summed E-state index contributed by atoms with van der Waals surface area (Å²) in [6, 6.07) is 4.07. The first-order chi connectivity index (χ1) is 9.94. The van der Waals surface area contributed by atoms with E-state index < -0.39 is 11.7 Å². The second-order valence-electron chi connectivity index (χ2n) is 5.63. The zero-order valence-corrected chi connectivity index (χ0v) is 12.8. The van der Waals surface area contributed by atoms with Gasteiger partial charge in [0.1, 0.15) is 5.75 Å². The van der Waals surface area contributed by atoms with Gasteiger partial charge in [-0.25, -0.2) is 0 Å². The smallest absolute Gasteiger partial charge is 0.419 e. The van der Waals surface area contributed by atoms with Gasteiger partial charge in [0.2, 0.25) is 0 Å². The summed E-state index contributed by atoms with van der Waals surface area (Å²) in [7, 11) is 0. The average Bonchev–Trinajstić information content (AvgIpc) is 2.47. The maximum Gasteiger partial charge on any atom is 0.419 e. The van der Waals surface area contributed by atoms with Crippen LogP contribution in [0.5, 0.6) is 5.75 Å². The largest absolute Gasteiger partial charge is 0.490 e. The molecule has 0 saturated heterocycles. The van der Waals surface area contributed by atoms with Crippen LogP contribution in [-0.4, -0.2) is 6.10 Å². The molecule has 0 spiro atoms. The predicted octanol–water partition coefficient (Wildman–Crippen LogP) is 5.79. The minimum Gasteiger partial charge on any atom is -0.490 e. The molecule has 0 bridgehead atoms. The highest BCUT2D eigenvalue weighted by atomic mass is 35.5. The van der Waals surface area contributed by atoms with E-state index in [1.807, 2.05) is 0 Å². The highest BCUT2D eigenvalue weighted by Gasteiger charge is 2.35. The van der Waals surface area contributed by atoms with Gasteiger partial charge in [-0.1, -0.05) is 19.4 Å². The minimum absolute atomic E-state index is 0.0605. The minimum atomic E-state index is -4.42. The SMILES string of the molecule is CCC1CCC(Oc2ccc(CCl)cc2C(F)(F)F)CC1. The van der Waals surface area contributed by atoms with Crippen LogP contribution in [0.25, 0.3) is 0 Å². The summed E-state index contributed by atoms with van der Waals surface area (Å²) in [5.41, 5.74) is -0.274. The van der Waals surface area contributed by atoms with Crippen molar-refractivity contribution < 1.29 is 17.9 Å². The number of rotatable bonds is 4. The van der Waals surface area contributed by atoms with E-state index in [0.29, 0.717) is 11.5 Å². The lowest BCUT2D eigenvalue weighted by molar-refractivity contribution is -0.139. The average molecular weight is 321 g/mol. The summed E-state index contributed by atoms with van der Waals surface area (Å²) in [6.45, 7) is 2.15. The fourth-order valence-corrected chi connectivity index (χ4v) is 2.99. The molecule has 1 fully saturated rings. The first kappa shape index (κ1) is 16.5. The monoisotopic (exact) mass is 320 g/mol. The first-order valence-corrected chi connectivity index (χ1v) is 7.90. The summed E-state index contributed by atoms with van der Waals surface area (Å²) in [4.78, 5) is 0. The molecule has 0 unspecified atom stereocenters. The van der Waals surface area contributed by atoms with Gasteiger partial charge in [0, 0.05) is 5.88 Å². The van der Waals surface area contributed by atoms with Crippen LogP contribution in [0.2, 0.25) is 0 Å². The van der Waals surface area contributed by atoms with E-state index in [4.69, 9.17) is 16.3 Å². The zero-order valence-electron chi connectivity index (χ0n) is 12.0. The number of benzene rings is 1. The molecule has 5 heteroatoms. The van der Waals surface area contributed by atoms with Crippen molar-refractivity contribution in [2.45, 2.75) is 57.2 Å². The van der Waals surface area contributed by atoms with Crippen LogP contribution < -0.4 is 4.74 Å². The van der Waals surface area contributed by atoms with Crippen molar-refractivity contribution in [2.24, 2.45) is 5.92 Å². The summed E-state index contributed by atoms with van der Waals surface area (Å²) in [5.74, 6) is 0.673. The third-order valence-corrected chi connectivity index (χ3v) is 4.48. The van der Waals surface area contributed by atoms with Crippen LogP contribution >= 0.6 is 11.6 Å². The van der Waals surface area contributed by atoms with Gasteiger partial charge in [-0.2, -0.15) is 13.2 Å². The Hall–Kier alpha value is -0.900.